The highest BCUT2D eigenvalue weighted by Crippen LogP contribution is 2.28. The van der Waals surface area contributed by atoms with Crippen molar-refractivity contribution in [3.8, 4) is 11.8 Å². The van der Waals surface area contributed by atoms with Gasteiger partial charge in [-0.15, -0.1) is 0 Å². The number of ether oxygens (including phenoxy) is 1. The standard InChI is InChI=1S/C12H14N2O5S/c1-8(12(15)16)14(2)20(17,18)11-5-4-9(7-13)6-10(11)19-3/h4-6,8H,1-3H3,(H,15,16). The maximum Gasteiger partial charge on any atom is 0.321 e. The summed E-state index contributed by atoms with van der Waals surface area (Å²) >= 11 is 0. The van der Waals surface area contributed by atoms with E-state index >= 15 is 0 Å². The lowest BCUT2D eigenvalue weighted by molar-refractivity contribution is -0.140. The molecule has 0 bridgehead atoms. The summed E-state index contributed by atoms with van der Waals surface area (Å²) < 4.78 is 30.4. The summed E-state index contributed by atoms with van der Waals surface area (Å²) in [5.41, 5.74) is 0.245. The van der Waals surface area contributed by atoms with Crippen molar-refractivity contribution in [3.63, 3.8) is 0 Å². The van der Waals surface area contributed by atoms with E-state index in [9.17, 15) is 13.2 Å². The fraction of sp³-hybridized carbons (Fsp3) is 0.333. The van der Waals surface area contributed by atoms with Crippen LogP contribution in [-0.4, -0.2) is 44.0 Å². The van der Waals surface area contributed by atoms with Gasteiger partial charge in [0.25, 0.3) is 0 Å². The Bertz CT molecular complexity index is 663. The molecule has 7 nitrogen and oxygen atoms in total. The predicted octanol–water partition coefficient (Wildman–Crippen LogP) is 0.660. The van der Waals surface area contributed by atoms with Gasteiger partial charge >= 0.3 is 5.97 Å². The van der Waals surface area contributed by atoms with E-state index in [2.05, 4.69) is 0 Å². The van der Waals surface area contributed by atoms with Crippen LogP contribution in [0, 0.1) is 11.3 Å². The number of hydrogen-bond acceptors (Lipinski definition) is 5. The van der Waals surface area contributed by atoms with E-state index in [1.165, 1.54) is 39.3 Å². The summed E-state index contributed by atoms with van der Waals surface area (Å²) in [5, 5.41) is 17.7. The van der Waals surface area contributed by atoms with Gasteiger partial charge in [0, 0.05) is 7.05 Å². The molecule has 0 fully saturated rings. The summed E-state index contributed by atoms with van der Waals surface area (Å²) in [4.78, 5) is 10.7. The van der Waals surface area contributed by atoms with Crippen molar-refractivity contribution in [1.82, 2.24) is 4.31 Å². The van der Waals surface area contributed by atoms with Gasteiger partial charge in [-0.25, -0.2) is 8.42 Å². The minimum Gasteiger partial charge on any atom is -0.495 e. The Morgan fingerprint density at radius 3 is 2.55 bits per heavy atom. The average Bonchev–Trinajstić information content (AvgIpc) is 2.44. The molecular weight excluding hydrogens is 284 g/mol. The van der Waals surface area contributed by atoms with Crippen molar-refractivity contribution in [2.75, 3.05) is 14.2 Å². The first-order valence-corrected chi connectivity index (χ1v) is 6.98. The largest absolute Gasteiger partial charge is 0.495 e. The Morgan fingerprint density at radius 2 is 2.10 bits per heavy atom. The van der Waals surface area contributed by atoms with Crippen LogP contribution in [0.5, 0.6) is 5.75 Å². The first kappa shape index (κ1) is 15.9. The number of aliphatic carboxylic acids is 1. The zero-order valence-electron chi connectivity index (χ0n) is 11.2. The fourth-order valence-corrected chi connectivity index (χ4v) is 2.92. The third-order valence-corrected chi connectivity index (χ3v) is 4.82. The molecule has 1 rings (SSSR count). The van der Waals surface area contributed by atoms with Crippen molar-refractivity contribution in [3.05, 3.63) is 23.8 Å². The number of nitrogens with zero attached hydrogens (tertiary/aromatic N) is 2. The molecule has 1 unspecified atom stereocenters. The van der Waals surface area contributed by atoms with Gasteiger partial charge in [0.15, 0.2) is 0 Å². The molecule has 8 heteroatoms. The molecule has 108 valence electrons. The van der Waals surface area contributed by atoms with E-state index < -0.39 is 22.0 Å². The van der Waals surface area contributed by atoms with Gasteiger partial charge in [0.1, 0.15) is 16.7 Å². The number of hydrogen-bond donors (Lipinski definition) is 1. The maximum atomic E-state index is 12.4. The molecule has 1 atom stereocenters. The van der Waals surface area contributed by atoms with Gasteiger partial charge in [0.2, 0.25) is 10.0 Å². The van der Waals surface area contributed by atoms with Gasteiger partial charge in [-0.1, -0.05) is 0 Å². The summed E-state index contributed by atoms with van der Waals surface area (Å²) in [6, 6.07) is 4.48. The number of likely N-dealkylation sites (N-methyl/N-ethyl adjacent to an activating group) is 1. The number of nitriles is 1. The van der Waals surface area contributed by atoms with E-state index in [4.69, 9.17) is 15.1 Å². The van der Waals surface area contributed by atoms with Crippen LogP contribution in [0.1, 0.15) is 12.5 Å². The van der Waals surface area contributed by atoms with Crippen molar-refractivity contribution in [2.45, 2.75) is 17.9 Å². The second-order valence-electron chi connectivity index (χ2n) is 4.01. The summed E-state index contributed by atoms with van der Waals surface area (Å²) in [6.45, 7) is 1.26. The molecule has 0 saturated heterocycles. The van der Waals surface area contributed by atoms with E-state index in [1.807, 2.05) is 6.07 Å². The molecule has 0 radical (unpaired) electrons. The molecule has 1 N–H and O–H groups in total. The Labute approximate surface area is 117 Å². The maximum absolute atomic E-state index is 12.4. The Morgan fingerprint density at radius 1 is 1.50 bits per heavy atom. The van der Waals surface area contributed by atoms with Crippen LogP contribution in [0.3, 0.4) is 0 Å². The number of carbonyl (C=O) groups is 1. The van der Waals surface area contributed by atoms with E-state index in [0.717, 1.165) is 4.31 Å². The van der Waals surface area contributed by atoms with Crippen LogP contribution in [-0.2, 0) is 14.8 Å². The quantitative estimate of drug-likeness (QED) is 0.855. The van der Waals surface area contributed by atoms with Gasteiger partial charge in [-0.05, 0) is 25.1 Å². The molecule has 0 saturated carbocycles. The van der Waals surface area contributed by atoms with Crippen molar-refractivity contribution in [2.24, 2.45) is 0 Å². The lowest BCUT2D eigenvalue weighted by Gasteiger charge is -2.22. The zero-order chi connectivity index (χ0) is 15.5. The molecule has 0 aliphatic heterocycles. The first-order chi connectivity index (χ1) is 9.25. The van der Waals surface area contributed by atoms with Gasteiger partial charge in [-0.2, -0.15) is 9.57 Å². The van der Waals surface area contributed by atoms with Crippen molar-refractivity contribution < 1.29 is 23.1 Å². The highest BCUT2D eigenvalue weighted by Gasteiger charge is 2.31. The number of rotatable bonds is 5. The van der Waals surface area contributed by atoms with E-state index in [1.54, 1.807) is 0 Å². The second-order valence-corrected chi connectivity index (χ2v) is 5.98. The molecular formula is C12H14N2O5S. The number of methoxy groups -OCH3 is 1. The second kappa shape index (κ2) is 5.90. The molecule has 20 heavy (non-hydrogen) atoms. The summed E-state index contributed by atoms with van der Waals surface area (Å²) in [5.74, 6) is -1.27. The lowest BCUT2D eigenvalue weighted by atomic mass is 10.2. The van der Waals surface area contributed by atoms with E-state index in [-0.39, 0.29) is 16.2 Å². The van der Waals surface area contributed by atoms with Crippen molar-refractivity contribution >= 4 is 16.0 Å². The SMILES string of the molecule is COc1cc(C#N)ccc1S(=O)(=O)N(C)C(C)C(=O)O. The van der Waals surface area contributed by atoms with E-state index in [0.29, 0.717) is 0 Å². The van der Waals surface area contributed by atoms with Crippen LogP contribution in [0.4, 0.5) is 0 Å². The normalized spacial score (nSPS) is 12.8. The summed E-state index contributed by atoms with van der Waals surface area (Å²) in [6.07, 6.45) is 0. The first-order valence-electron chi connectivity index (χ1n) is 5.54. The van der Waals surface area contributed by atoms with Gasteiger partial charge in [-0.3, -0.25) is 4.79 Å². The van der Waals surface area contributed by atoms with Crippen LogP contribution in [0.25, 0.3) is 0 Å². The van der Waals surface area contributed by atoms with Crippen LogP contribution < -0.4 is 4.74 Å². The molecule has 0 aliphatic rings. The molecule has 0 amide bonds. The number of benzene rings is 1. The third kappa shape index (κ3) is 2.89. The van der Waals surface area contributed by atoms with Crippen LogP contribution in [0.15, 0.2) is 23.1 Å². The Balaban J connectivity index is 3.36. The number of sulfonamides is 1. The monoisotopic (exact) mass is 298 g/mol. The molecule has 0 spiro atoms. The molecule has 0 aromatic heterocycles. The Kier molecular flexibility index (Phi) is 4.70. The minimum absolute atomic E-state index is 0.00603. The van der Waals surface area contributed by atoms with Gasteiger partial charge in [0.05, 0.1) is 18.7 Å². The topological polar surface area (TPSA) is 108 Å². The molecule has 0 heterocycles. The molecule has 1 aromatic rings. The fourth-order valence-electron chi connectivity index (χ4n) is 1.47. The highest BCUT2D eigenvalue weighted by molar-refractivity contribution is 7.89. The molecule has 0 aliphatic carbocycles. The summed E-state index contributed by atoms with van der Waals surface area (Å²) in [7, 11) is -1.59. The highest BCUT2D eigenvalue weighted by atomic mass is 32.2. The number of carboxylic acids is 1. The average molecular weight is 298 g/mol. The molecule has 1 aromatic carbocycles. The Hall–Kier alpha value is -2.11. The number of carboxylic acid groups (broad SMARTS) is 1. The van der Waals surface area contributed by atoms with Crippen LogP contribution in [0.2, 0.25) is 0 Å². The smallest absolute Gasteiger partial charge is 0.321 e. The van der Waals surface area contributed by atoms with Gasteiger partial charge < -0.3 is 9.84 Å². The minimum atomic E-state index is -4.03. The third-order valence-electron chi connectivity index (χ3n) is 2.85. The lowest BCUT2D eigenvalue weighted by Crippen LogP contribution is -2.40. The predicted molar refractivity (Wildman–Crippen MR) is 69.8 cm³/mol. The van der Waals surface area contributed by atoms with Crippen LogP contribution >= 0.6 is 0 Å². The van der Waals surface area contributed by atoms with Crippen molar-refractivity contribution in [1.29, 1.82) is 5.26 Å². The zero-order valence-corrected chi connectivity index (χ0v) is 12.0.